The first-order chi connectivity index (χ1) is 7.65. The molecule has 0 saturated heterocycles. The second-order valence-corrected chi connectivity index (χ2v) is 5.25. The van der Waals surface area contributed by atoms with Gasteiger partial charge in [0.15, 0.2) is 0 Å². The highest BCUT2D eigenvalue weighted by atomic mass is 35.5. The molecule has 3 heteroatoms. The Kier molecular flexibility index (Phi) is 3.72. The summed E-state index contributed by atoms with van der Waals surface area (Å²) in [6.45, 7) is 6.48. The average molecular weight is 239 g/mol. The van der Waals surface area contributed by atoms with E-state index in [1.165, 1.54) is 11.3 Å². The molecule has 1 heterocycles. The van der Waals surface area contributed by atoms with E-state index in [-0.39, 0.29) is 0 Å². The fourth-order valence-electron chi connectivity index (χ4n) is 2.09. The molecule has 1 aromatic rings. The first-order valence-electron chi connectivity index (χ1n) is 5.91. The predicted octanol–water partition coefficient (Wildman–Crippen LogP) is 2.92. The van der Waals surface area contributed by atoms with Gasteiger partial charge in [0.25, 0.3) is 0 Å². The molecule has 2 rings (SSSR count). The molecule has 2 nitrogen and oxygen atoms in total. The summed E-state index contributed by atoms with van der Waals surface area (Å²) in [5, 5.41) is 7.78. The molecule has 0 fully saturated rings. The molecule has 2 N–H and O–H groups in total. The third-order valence-electron chi connectivity index (χ3n) is 2.97. The number of nitrogens with one attached hydrogen (secondary N) is 2. The van der Waals surface area contributed by atoms with Crippen LogP contribution in [0, 0.1) is 5.92 Å². The van der Waals surface area contributed by atoms with Crippen LogP contribution in [0.3, 0.4) is 0 Å². The number of hydrogen-bond donors (Lipinski definition) is 2. The quantitative estimate of drug-likeness (QED) is 0.846. The fraction of sp³-hybridized carbons (Fsp3) is 0.538. The van der Waals surface area contributed by atoms with Gasteiger partial charge in [0, 0.05) is 29.8 Å². The summed E-state index contributed by atoms with van der Waals surface area (Å²) >= 11 is 6.01. The second kappa shape index (κ2) is 5.07. The number of rotatable bonds is 3. The van der Waals surface area contributed by atoms with E-state index in [1.54, 1.807) is 0 Å². The maximum absolute atomic E-state index is 6.01. The summed E-state index contributed by atoms with van der Waals surface area (Å²) in [7, 11) is 0. The lowest BCUT2D eigenvalue weighted by atomic mass is 9.94. The van der Waals surface area contributed by atoms with Crippen molar-refractivity contribution in [3.63, 3.8) is 0 Å². The molecule has 0 aromatic heterocycles. The Bertz CT molecular complexity index is 363. The van der Waals surface area contributed by atoms with Gasteiger partial charge in [-0.15, -0.1) is 0 Å². The maximum Gasteiger partial charge on any atom is 0.0410 e. The van der Waals surface area contributed by atoms with E-state index < -0.39 is 0 Å². The number of hydrogen-bond acceptors (Lipinski definition) is 2. The van der Waals surface area contributed by atoms with Gasteiger partial charge >= 0.3 is 0 Å². The van der Waals surface area contributed by atoms with Gasteiger partial charge in [-0.25, -0.2) is 0 Å². The standard InChI is InChI=1S/C13H19ClN2/c1-9(2)15-7-10-5-11-6-12(14)3-4-13(11)16-8-10/h3-4,6,9-10,15-16H,5,7-8H2,1-2H3. The third-order valence-corrected chi connectivity index (χ3v) is 3.21. The molecular weight excluding hydrogens is 220 g/mol. The van der Waals surface area contributed by atoms with Crippen LogP contribution in [0.5, 0.6) is 0 Å². The monoisotopic (exact) mass is 238 g/mol. The molecule has 16 heavy (non-hydrogen) atoms. The highest BCUT2D eigenvalue weighted by molar-refractivity contribution is 6.30. The van der Waals surface area contributed by atoms with E-state index in [4.69, 9.17) is 11.6 Å². The number of anilines is 1. The van der Waals surface area contributed by atoms with Gasteiger partial charge in [0.2, 0.25) is 0 Å². The van der Waals surface area contributed by atoms with Crippen molar-refractivity contribution in [1.29, 1.82) is 0 Å². The van der Waals surface area contributed by atoms with E-state index in [9.17, 15) is 0 Å². The Morgan fingerprint density at radius 3 is 3.06 bits per heavy atom. The number of halogens is 1. The molecule has 88 valence electrons. The van der Waals surface area contributed by atoms with Crippen LogP contribution >= 0.6 is 11.6 Å². The van der Waals surface area contributed by atoms with Crippen molar-refractivity contribution in [2.24, 2.45) is 5.92 Å². The largest absolute Gasteiger partial charge is 0.384 e. The summed E-state index contributed by atoms with van der Waals surface area (Å²) in [6.07, 6.45) is 1.11. The van der Waals surface area contributed by atoms with Gasteiger partial charge < -0.3 is 10.6 Å². The molecule has 1 aliphatic heterocycles. The number of benzene rings is 1. The lowest BCUT2D eigenvalue weighted by Gasteiger charge is -2.27. The van der Waals surface area contributed by atoms with Gasteiger partial charge in [-0.05, 0) is 36.1 Å². The minimum atomic E-state index is 0.556. The lowest BCUT2D eigenvalue weighted by molar-refractivity contribution is 0.455. The van der Waals surface area contributed by atoms with Crippen LogP contribution in [-0.2, 0) is 6.42 Å². The summed E-state index contributed by atoms with van der Waals surface area (Å²) < 4.78 is 0. The minimum Gasteiger partial charge on any atom is -0.384 e. The van der Waals surface area contributed by atoms with Crippen molar-refractivity contribution in [2.45, 2.75) is 26.3 Å². The van der Waals surface area contributed by atoms with Crippen molar-refractivity contribution >= 4 is 17.3 Å². The molecule has 0 saturated carbocycles. The van der Waals surface area contributed by atoms with Crippen LogP contribution in [-0.4, -0.2) is 19.1 Å². The zero-order valence-corrected chi connectivity index (χ0v) is 10.6. The van der Waals surface area contributed by atoms with Gasteiger partial charge in [-0.3, -0.25) is 0 Å². The highest BCUT2D eigenvalue weighted by Gasteiger charge is 2.18. The Balaban J connectivity index is 1.99. The van der Waals surface area contributed by atoms with Crippen LogP contribution in [0.25, 0.3) is 0 Å². The molecule has 0 bridgehead atoms. The third kappa shape index (κ3) is 2.89. The van der Waals surface area contributed by atoms with Crippen molar-refractivity contribution in [3.8, 4) is 0 Å². The van der Waals surface area contributed by atoms with Crippen molar-refractivity contribution in [3.05, 3.63) is 28.8 Å². The first kappa shape index (κ1) is 11.7. The van der Waals surface area contributed by atoms with Gasteiger partial charge in [0.05, 0.1) is 0 Å². The molecule has 1 aliphatic rings. The normalized spacial score (nSPS) is 19.4. The minimum absolute atomic E-state index is 0.556. The summed E-state index contributed by atoms with van der Waals surface area (Å²) in [5.74, 6) is 0.661. The maximum atomic E-state index is 6.01. The van der Waals surface area contributed by atoms with Gasteiger partial charge in [-0.1, -0.05) is 25.4 Å². The molecule has 0 aliphatic carbocycles. The number of fused-ring (bicyclic) bond motifs is 1. The van der Waals surface area contributed by atoms with Gasteiger partial charge in [-0.2, -0.15) is 0 Å². The van der Waals surface area contributed by atoms with Crippen LogP contribution in [0.15, 0.2) is 18.2 Å². The van der Waals surface area contributed by atoms with E-state index in [0.29, 0.717) is 12.0 Å². The fourth-order valence-corrected chi connectivity index (χ4v) is 2.28. The van der Waals surface area contributed by atoms with Crippen LogP contribution < -0.4 is 10.6 Å². The van der Waals surface area contributed by atoms with Crippen LogP contribution in [0.4, 0.5) is 5.69 Å². The van der Waals surface area contributed by atoms with Crippen molar-refractivity contribution < 1.29 is 0 Å². The van der Waals surface area contributed by atoms with Gasteiger partial charge in [0.1, 0.15) is 0 Å². The van der Waals surface area contributed by atoms with E-state index in [1.807, 2.05) is 6.07 Å². The van der Waals surface area contributed by atoms with Crippen LogP contribution in [0.1, 0.15) is 19.4 Å². The highest BCUT2D eigenvalue weighted by Crippen LogP contribution is 2.27. The molecular formula is C13H19ClN2. The average Bonchev–Trinajstić information content (AvgIpc) is 2.25. The molecule has 1 aromatic carbocycles. The molecule has 0 spiro atoms. The second-order valence-electron chi connectivity index (χ2n) is 4.82. The molecule has 1 atom stereocenters. The SMILES string of the molecule is CC(C)NCC1CNc2ccc(Cl)cc2C1. The van der Waals surface area contributed by atoms with Crippen molar-refractivity contribution in [2.75, 3.05) is 18.4 Å². The zero-order chi connectivity index (χ0) is 11.5. The Morgan fingerprint density at radius 2 is 2.31 bits per heavy atom. The Hall–Kier alpha value is -0.730. The van der Waals surface area contributed by atoms with Crippen molar-refractivity contribution in [1.82, 2.24) is 5.32 Å². The Labute approximate surface area is 102 Å². The zero-order valence-electron chi connectivity index (χ0n) is 9.89. The van der Waals surface area contributed by atoms with E-state index in [0.717, 1.165) is 24.5 Å². The molecule has 0 radical (unpaired) electrons. The summed E-state index contributed by atoms with van der Waals surface area (Å²) in [5.41, 5.74) is 2.58. The molecule has 1 unspecified atom stereocenters. The van der Waals surface area contributed by atoms with E-state index in [2.05, 4.69) is 36.6 Å². The Morgan fingerprint density at radius 1 is 1.50 bits per heavy atom. The summed E-state index contributed by atoms with van der Waals surface area (Å²) in [4.78, 5) is 0. The van der Waals surface area contributed by atoms with E-state index >= 15 is 0 Å². The van der Waals surface area contributed by atoms with Crippen LogP contribution in [0.2, 0.25) is 5.02 Å². The first-order valence-corrected chi connectivity index (χ1v) is 6.28. The predicted molar refractivity (Wildman–Crippen MR) is 70.3 cm³/mol. The molecule has 0 amide bonds. The lowest BCUT2D eigenvalue weighted by Crippen LogP contribution is -2.35. The smallest absolute Gasteiger partial charge is 0.0410 e. The topological polar surface area (TPSA) is 24.1 Å². The summed E-state index contributed by atoms with van der Waals surface area (Å²) in [6, 6.07) is 6.65.